The van der Waals surface area contributed by atoms with Crippen LogP contribution in [0.1, 0.15) is 12.0 Å². The lowest BCUT2D eigenvalue weighted by atomic mass is 10.1. The number of hydrogen-bond donors (Lipinski definition) is 1. The molecule has 0 saturated carbocycles. The Hall–Kier alpha value is -0.750. The van der Waals surface area contributed by atoms with Crippen LogP contribution >= 0.6 is 15.9 Å². The fourth-order valence-corrected chi connectivity index (χ4v) is 1.84. The molecule has 0 unspecified atom stereocenters. The number of rotatable bonds is 4. The molecule has 1 rings (SSSR count). The van der Waals surface area contributed by atoms with Crippen molar-refractivity contribution in [2.24, 2.45) is 5.73 Å². The lowest BCUT2D eigenvalue weighted by Crippen LogP contribution is -2.20. The van der Waals surface area contributed by atoms with Crippen molar-refractivity contribution in [3.8, 4) is 5.75 Å². The number of nitrogens with two attached hydrogens (primary N) is 1. The van der Waals surface area contributed by atoms with Gasteiger partial charge in [-0.1, -0.05) is 0 Å². The number of methoxy groups -OCH3 is 1. The minimum absolute atomic E-state index is 0.0582. The van der Waals surface area contributed by atoms with Gasteiger partial charge in [-0.2, -0.15) is 0 Å². The van der Waals surface area contributed by atoms with Crippen LogP contribution in [0.3, 0.4) is 0 Å². The molecule has 1 aromatic rings. The number of ether oxygens (including phenoxy) is 1. The van der Waals surface area contributed by atoms with Crippen molar-refractivity contribution in [2.45, 2.75) is 12.3 Å². The van der Waals surface area contributed by atoms with Gasteiger partial charge in [0.15, 0.2) is 0 Å². The second kappa shape index (κ2) is 4.85. The Morgan fingerprint density at radius 3 is 2.73 bits per heavy atom. The number of hydrogen-bond acceptors (Lipinski definition) is 3. The zero-order chi connectivity index (χ0) is 11.5. The third-order valence-corrected chi connectivity index (χ3v) is 2.51. The predicted octanol–water partition coefficient (Wildman–Crippen LogP) is 2.29. The maximum Gasteiger partial charge on any atom is 0.279 e. The van der Waals surface area contributed by atoms with E-state index in [-0.39, 0.29) is 22.3 Å². The van der Waals surface area contributed by atoms with Gasteiger partial charge in [-0.15, -0.1) is 0 Å². The molecule has 0 aromatic carbocycles. The van der Waals surface area contributed by atoms with Crippen LogP contribution in [-0.4, -0.2) is 18.6 Å². The van der Waals surface area contributed by atoms with E-state index in [9.17, 15) is 8.78 Å². The molecule has 0 amide bonds. The number of nitrogens with zero attached hydrogens (tertiary/aromatic N) is 1. The molecule has 0 aliphatic rings. The van der Waals surface area contributed by atoms with Crippen LogP contribution in [0.2, 0.25) is 0 Å². The van der Waals surface area contributed by atoms with E-state index in [1.165, 1.54) is 19.5 Å². The summed E-state index contributed by atoms with van der Waals surface area (Å²) in [5, 5.41) is 0. The zero-order valence-corrected chi connectivity index (χ0v) is 9.72. The van der Waals surface area contributed by atoms with Crippen LogP contribution in [0.4, 0.5) is 8.78 Å². The van der Waals surface area contributed by atoms with Gasteiger partial charge in [0.2, 0.25) is 0 Å². The van der Waals surface area contributed by atoms with Crippen molar-refractivity contribution in [2.75, 3.05) is 13.7 Å². The van der Waals surface area contributed by atoms with E-state index in [1.807, 2.05) is 0 Å². The van der Waals surface area contributed by atoms with E-state index >= 15 is 0 Å². The van der Waals surface area contributed by atoms with E-state index < -0.39 is 12.3 Å². The number of halogens is 3. The quantitative estimate of drug-likeness (QED) is 0.921. The first-order chi connectivity index (χ1) is 7.03. The molecular weight excluding hydrogens is 270 g/mol. The van der Waals surface area contributed by atoms with Gasteiger partial charge in [0.25, 0.3) is 5.92 Å². The summed E-state index contributed by atoms with van der Waals surface area (Å²) in [6.07, 6.45) is 2.14. The summed E-state index contributed by atoms with van der Waals surface area (Å²) in [7, 11) is 1.32. The molecule has 0 aliphatic carbocycles. The lowest BCUT2D eigenvalue weighted by Gasteiger charge is -2.19. The Morgan fingerprint density at radius 1 is 1.53 bits per heavy atom. The molecule has 84 valence electrons. The van der Waals surface area contributed by atoms with Gasteiger partial charge in [-0.3, -0.25) is 4.98 Å². The molecule has 1 heterocycles. The van der Waals surface area contributed by atoms with Crippen molar-refractivity contribution in [1.82, 2.24) is 4.98 Å². The number of pyridine rings is 1. The highest BCUT2D eigenvalue weighted by Gasteiger charge is 2.36. The van der Waals surface area contributed by atoms with E-state index in [4.69, 9.17) is 10.5 Å². The first kappa shape index (κ1) is 12.3. The molecule has 0 atom stereocenters. The molecule has 3 nitrogen and oxygen atoms in total. The molecule has 1 aromatic heterocycles. The summed E-state index contributed by atoms with van der Waals surface area (Å²) in [6, 6.07) is 0. The monoisotopic (exact) mass is 280 g/mol. The van der Waals surface area contributed by atoms with Gasteiger partial charge in [-0.05, 0) is 22.5 Å². The summed E-state index contributed by atoms with van der Waals surface area (Å²) in [5.74, 6) is -2.95. The van der Waals surface area contributed by atoms with Crippen LogP contribution in [-0.2, 0) is 5.92 Å². The molecule has 0 saturated heterocycles. The molecule has 0 spiro atoms. The topological polar surface area (TPSA) is 48.1 Å². The average molecular weight is 281 g/mol. The Balaban J connectivity index is 3.21. The normalized spacial score (nSPS) is 11.5. The van der Waals surface area contributed by atoms with E-state index in [0.29, 0.717) is 0 Å². The summed E-state index contributed by atoms with van der Waals surface area (Å²) in [4.78, 5) is 3.75. The Bertz CT molecular complexity index is 347. The van der Waals surface area contributed by atoms with Crippen LogP contribution < -0.4 is 10.5 Å². The molecule has 0 aliphatic heterocycles. The van der Waals surface area contributed by atoms with Gasteiger partial charge in [-0.25, -0.2) is 8.78 Å². The Labute approximate surface area is 94.8 Å². The fourth-order valence-electron chi connectivity index (χ4n) is 1.23. The Kier molecular flexibility index (Phi) is 3.98. The van der Waals surface area contributed by atoms with Gasteiger partial charge >= 0.3 is 0 Å². The SMILES string of the molecule is COc1cncc(Br)c1C(F)(F)CCN. The second-order valence-corrected chi connectivity index (χ2v) is 3.80. The Morgan fingerprint density at radius 2 is 2.20 bits per heavy atom. The highest BCUT2D eigenvalue weighted by molar-refractivity contribution is 9.10. The van der Waals surface area contributed by atoms with E-state index in [2.05, 4.69) is 20.9 Å². The van der Waals surface area contributed by atoms with Crippen molar-refractivity contribution in [3.05, 3.63) is 22.4 Å². The lowest BCUT2D eigenvalue weighted by molar-refractivity contribution is -0.0136. The van der Waals surface area contributed by atoms with Crippen LogP contribution in [0.25, 0.3) is 0 Å². The summed E-state index contributed by atoms with van der Waals surface area (Å²) in [5.41, 5.74) is 4.94. The standard InChI is InChI=1S/C9H11BrF2N2O/c1-15-7-5-14-4-6(10)8(7)9(11,12)2-3-13/h4-5H,2-3,13H2,1H3. The van der Waals surface area contributed by atoms with Crippen molar-refractivity contribution in [1.29, 1.82) is 0 Å². The van der Waals surface area contributed by atoms with Gasteiger partial charge in [0.05, 0.1) is 18.9 Å². The third kappa shape index (κ3) is 2.63. The first-order valence-corrected chi connectivity index (χ1v) is 5.08. The third-order valence-electron chi connectivity index (χ3n) is 1.91. The summed E-state index contributed by atoms with van der Waals surface area (Å²) < 4.78 is 32.4. The molecule has 15 heavy (non-hydrogen) atoms. The predicted molar refractivity (Wildman–Crippen MR) is 56.1 cm³/mol. The summed E-state index contributed by atoms with van der Waals surface area (Å²) >= 11 is 3.03. The van der Waals surface area contributed by atoms with Crippen LogP contribution in [0, 0.1) is 0 Å². The van der Waals surface area contributed by atoms with Gasteiger partial charge < -0.3 is 10.5 Å². The fraction of sp³-hybridized carbons (Fsp3) is 0.444. The molecule has 6 heteroatoms. The number of alkyl halides is 2. The van der Waals surface area contributed by atoms with Crippen molar-refractivity contribution in [3.63, 3.8) is 0 Å². The minimum atomic E-state index is -3.01. The molecule has 0 fully saturated rings. The number of aromatic nitrogens is 1. The average Bonchev–Trinajstić information content (AvgIpc) is 2.16. The highest BCUT2D eigenvalue weighted by Crippen LogP contribution is 2.41. The minimum Gasteiger partial charge on any atom is -0.495 e. The van der Waals surface area contributed by atoms with Crippen LogP contribution in [0.5, 0.6) is 5.75 Å². The van der Waals surface area contributed by atoms with Gasteiger partial charge in [0.1, 0.15) is 5.75 Å². The maximum absolute atomic E-state index is 13.6. The maximum atomic E-state index is 13.6. The molecule has 2 N–H and O–H groups in total. The zero-order valence-electron chi connectivity index (χ0n) is 8.14. The smallest absolute Gasteiger partial charge is 0.279 e. The van der Waals surface area contributed by atoms with Crippen LogP contribution in [0.15, 0.2) is 16.9 Å². The summed E-state index contributed by atoms with van der Waals surface area (Å²) in [6.45, 7) is -0.0923. The van der Waals surface area contributed by atoms with E-state index in [1.54, 1.807) is 0 Å². The van der Waals surface area contributed by atoms with Crippen molar-refractivity contribution >= 4 is 15.9 Å². The molecule has 0 radical (unpaired) electrons. The van der Waals surface area contributed by atoms with E-state index in [0.717, 1.165) is 0 Å². The first-order valence-electron chi connectivity index (χ1n) is 4.28. The highest BCUT2D eigenvalue weighted by atomic mass is 79.9. The molecule has 0 bridgehead atoms. The van der Waals surface area contributed by atoms with Gasteiger partial charge in [0, 0.05) is 17.1 Å². The van der Waals surface area contributed by atoms with Crippen molar-refractivity contribution < 1.29 is 13.5 Å². The molecular formula is C9H11BrF2N2O. The second-order valence-electron chi connectivity index (χ2n) is 2.94. The largest absolute Gasteiger partial charge is 0.495 e.